The smallest absolute Gasteiger partial charge is 0.145 e. The standard InChI is InChI=1S/C68H36N6O2/c69-37-39-36-60(74-56-34-32-48-46-20-6-12-30-62(46)76-68(48)64(56)50-22-14-28-58(66(50)74)72-53-25-9-3-17-43(53)44-18-4-10-26-54(44)72)40(38-70)35-59(39)73-55-33-31-47-45-19-5-11-29-61(45)75-67(47)63(55)49-21-13-27-57(65(49)73)71-51-23-7-1-15-41(51)42-16-2-8-24-52(42)71/h1-36H. The van der Waals surface area contributed by atoms with Crippen molar-refractivity contribution in [2.75, 3.05) is 0 Å². The second-order valence-electron chi connectivity index (χ2n) is 19.7. The van der Waals surface area contributed by atoms with Gasteiger partial charge in [0.25, 0.3) is 0 Å². The molecule has 0 aliphatic carbocycles. The summed E-state index contributed by atoms with van der Waals surface area (Å²) < 4.78 is 22.7. The summed E-state index contributed by atoms with van der Waals surface area (Å²) >= 11 is 0. The Morgan fingerprint density at radius 1 is 0.276 bits per heavy atom. The molecule has 0 aliphatic heterocycles. The van der Waals surface area contributed by atoms with Crippen molar-refractivity contribution in [1.82, 2.24) is 18.3 Å². The van der Waals surface area contributed by atoms with Gasteiger partial charge < -0.3 is 27.1 Å². The van der Waals surface area contributed by atoms with Crippen LogP contribution in [0.5, 0.6) is 0 Å². The SMILES string of the molecule is N#Cc1cc(-n2c3ccc4c5ccccc5oc4c3c3cccc(-n4c5ccccc5c5ccccc54)c32)c(C#N)cc1-n1c2ccc3c4ccccc4oc3c2c2cccc(-n3c4ccccc4c4ccccc43)c21. The predicted octanol–water partition coefficient (Wildman–Crippen LogP) is 17.6. The highest BCUT2D eigenvalue weighted by Crippen LogP contribution is 2.48. The van der Waals surface area contributed by atoms with Crippen LogP contribution < -0.4 is 0 Å². The lowest BCUT2D eigenvalue weighted by Crippen LogP contribution is -2.06. The van der Waals surface area contributed by atoms with Crippen LogP contribution in [-0.4, -0.2) is 18.3 Å². The van der Waals surface area contributed by atoms with Crippen LogP contribution in [0.4, 0.5) is 0 Å². The molecule has 350 valence electrons. The normalized spacial score (nSPS) is 12.2. The van der Waals surface area contributed by atoms with E-state index in [4.69, 9.17) is 8.83 Å². The molecule has 0 bridgehead atoms. The summed E-state index contributed by atoms with van der Waals surface area (Å²) in [7, 11) is 0. The minimum atomic E-state index is 0.392. The summed E-state index contributed by atoms with van der Waals surface area (Å²) in [5, 5.41) is 35.8. The molecule has 76 heavy (non-hydrogen) atoms. The van der Waals surface area contributed by atoms with Crippen molar-refractivity contribution in [3.05, 3.63) is 230 Å². The van der Waals surface area contributed by atoms with Crippen molar-refractivity contribution >= 4 is 131 Å². The lowest BCUT2D eigenvalue weighted by atomic mass is 10.1. The number of fused-ring (bicyclic) bond motifs is 20. The van der Waals surface area contributed by atoms with Gasteiger partial charge in [0.05, 0.1) is 88.8 Å². The van der Waals surface area contributed by atoms with E-state index in [9.17, 15) is 10.5 Å². The van der Waals surface area contributed by atoms with E-state index in [1.165, 1.54) is 0 Å². The molecule has 0 aliphatic rings. The van der Waals surface area contributed by atoms with Crippen LogP contribution in [0, 0.1) is 22.7 Å². The van der Waals surface area contributed by atoms with E-state index >= 15 is 0 Å². The van der Waals surface area contributed by atoms with E-state index in [1.807, 2.05) is 48.5 Å². The summed E-state index contributed by atoms with van der Waals surface area (Å²) in [6, 6.07) is 80.9. The van der Waals surface area contributed by atoms with Crippen molar-refractivity contribution in [3.63, 3.8) is 0 Å². The molecule has 0 spiro atoms. The van der Waals surface area contributed by atoms with Gasteiger partial charge in [0.2, 0.25) is 0 Å². The van der Waals surface area contributed by atoms with Crippen LogP contribution in [0.2, 0.25) is 0 Å². The van der Waals surface area contributed by atoms with E-state index in [0.29, 0.717) is 22.5 Å². The van der Waals surface area contributed by atoms with Crippen molar-refractivity contribution in [2.24, 2.45) is 0 Å². The van der Waals surface area contributed by atoms with Gasteiger partial charge in [-0.2, -0.15) is 10.5 Å². The highest BCUT2D eigenvalue weighted by atomic mass is 16.3. The zero-order valence-electron chi connectivity index (χ0n) is 40.3. The minimum Gasteiger partial charge on any atom is -0.455 e. The molecule has 0 amide bonds. The number of aromatic nitrogens is 4. The number of hydrogen-bond donors (Lipinski definition) is 0. The fourth-order valence-electron chi connectivity index (χ4n) is 13.0. The van der Waals surface area contributed by atoms with Gasteiger partial charge in [-0.25, -0.2) is 0 Å². The molecule has 11 aromatic carbocycles. The van der Waals surface area contributed by atoms with Crippen LogP contribution >= 0.6 is 0 Å². The molecule has 0 atom stereocenters. The van der Waals surface area contributed by atoms with E-state index in [1.54, 1.807) is 0 Å². The molecule has 8 nitrogen and oxygen atoms in total. The Bertz CT molecular complexity index is 5070. The minimum absolute atomic E-state index is 0.392. The second-order valence-corrected chi connectivity index (χ2v) is 19.7. The third kappa shape index (κ3) is 5.18. The summed E-state index contributed by atoms with van der Waals surface area (Å²) in [6.45, 7) is 0. The largest absolute Gasteiger partial charge is 0.455 e. The first kappa shape index (κ1) is 40.8. The molecule has 8 heteroatoms. The first-order chi connectivity index (χ1) is 37.7. The van der Waals surface area contributed by atoms with Crippen LogP contribution in [0.25, 0.3) is 154 Å². The summed E-state index contributed by atoms with van der Waals surface area (Å²) in [5.74, 6) is 0. The van der Waals surface area contributed by atoms with Gasteiger partial charge in [-0.1, -0.05) is 133 Å². The van der Waals surface area contributed by atoms with Gasteiger partial charge in [-0.15, -0.1) is 0 Å². The van der Waals surface area contributed by atoms with Crippen molar-refractivity contribution in [3.8, 4) is 34.9 Å². The molecule has 0 unspecified atom stereocenters. The van der Waals surface area contributed by atoms with Crippen LogP contribution in [0.3, 0.4) is 0 Å². The maximum Gasteiger partial charge on any atom is 0.145 e. The van der Waals surface area contributed by atoms with E-state index in [-0.39, 0.29) is 0 Å². The summed E-state index contributed by atoms with van der Waals surface area (Å²) in [5.41, 5.74) is 14.6. The highest BCUT2D eigenvalue weighted by Gasteiger charge is 2.28. The molecule has 17 aromatic rings. The highest BCUT2D eigenvalue weighted by molar-refractivity contribution is 6.27. The fourth-order valence-corrected chi connectivity index (χ4v) is 13.0. The Morgan fingerprint density at radius 2 is 0.618 bits per heavy atom. The maximum atomic E-state index is 11.7. The Hall–Kier alpha value is -10.8. The molecular formula is C68H36N6O2. The molecule has 6 aromatic heterocycles. The lowest BCUT2D eigenvalue weighted by Gasteiger charge is -2.18. The zero-order chi connectivity index (χ0) is 49.9. The second kappa shape index (κ2) is 14.9. The van der Waals surface area contributed by atoms with Gasteiger partial charge in [-0.05, 0) is 84.9 Å². The molecule has 0 saturated heterocycles. The van der Waals surface area contributed by atoms with Crippen LogP contribution in [0.1, 0.15) is 11.1 Å². The topological polar surface area (TPSA) is 93.6 Å². The average Bonchev–Trinajstić information content (AvgIpc) is 4.51. The molecule has 0 saturated carbocycles. The number of benzene rings is 11. The van der Waals surface area contributed by atoms with Gasteiger partial charge in [0.1, 0.15) is 34.5 Å². The zero-order valence-corrected chi connectivity index (χ0v) is 40.3. The molecule has 0 N–H and O–H groups in total. The van der Waals surface area contributed by atoms with Crippen molar-refractivity contribution < 1.29 is 8.83 Å². The third-order valence-corrected chi connectivity index (χ3v) is 16.0. The van der Waals surface area contributed by atoms with Gasteiger partial charge >= 0.3 is 0 Å². The average molecular weight is 969 g/mol. The number of para-hydroxylation sites is 8. The van der Waals surface area contributed by atoms with Gasteiger partial charge in [0, 0.05) is 53.9 Å². The number of hydrogen-bond acceptors (Lipinski definition) is 4. The maximum absolute atomic E-state index is 11.7. The number of furan rings is 2. The Balaban J connectivity index is 1.02. The van der Waals surface area contributed by atoms with E-state index < -0.39 is 0 Å². The van der Waals surface area contributed by atoms with Crippen molar-refractivity contribution in [2.45, 2.75) is 0 Å². The monoisotopic (exact) mass is 968 g/mol. The van der Waals surface area contributed by atoms with Crippen molar-refractivity contribution in [1.29, 1.82) is 10.5 Å². The molecule has 0 radical (unpaired) electrons. The molecular weight excluding hydrogens is 933 g/mol. The lowest BCUT2D eigenvalue weighted by molar-refractivity contribution is 0.672. The summed E-state index contributed by atoms with van der Waals surface area (Å²) in [4.78, 5) is 0. The fraction of sp³-hybridized carbons (Fsp3) is 0. The molecule has 0 fully saturated rings. The first-order valence-corrected chi connectivity index (χ1v) is 25.4. The first-order valence-electron chi connectivity index (χ1n) is 25.4. The summed E-state index contributed by atoms with van der Waals surface area (Å²) in [6.07, 6.45) is 0. The van der Waals surface area contributed by atoms with Crippen LogP contribution in [0.15, 0.2) is 227 Å². The Morgan fingerprint density at radius 3 is 1.00 bits per heavy atom. The third-order valence-electron chi connectivity index (χ3n) is 16.0. The molecule has 17 rings (SSSR count). The predicted molar refractivity (Wildman–Crippen MR) is 308 cm³/mol. The number of nitriles is 2. The van der Waals surface area contributed by atoms with E-state index in [0.717, 1.165) is 142 Å². The van der Waals surface area contributed by atoms with E-state index in [2.05, 4.69) is 200 Å². The Kier molecular flexibility index (Phi) is 7.99. The van der Waals surface area contributed by atoms with Crippen LogP contribution in [-0.2, 0) is 0 Å². The molecule has 6 heterocycles. The van der Waals surface area contributed by atoms with Gasteiger partial charge in [0.15, 0.2) is 0 Å². The number of rotatable bonds is 4. The Labute approximate surface area is 431 Å². The van der Waals surface area contributed by atoms with Gasteiger partial charge in [-0.3, -0.25) is 0 Å². The quantitative estimate of drug-likeness (QED) is 0.176. The number of nitrogens with zero attached hydrogens (tertiary/aromatic N) is 6.